The van der Waals surface area contributed by atoms with E-state index < -0.39 is 26.5 Å². The van der Waals surface area contributed by atoms with Crippen LogP contribution >= 0.6 is 7.82 Å². The Morgan fingerprint density at radius 1 is 0.385 bits per heavy atom. The van der Waals surface area contributed by atoms with Crippen LogP contribution in [0, 0.1) is 0 Å². The van der Waals surface area contributed by atoms with Gasteiger partial charge in [-0.25, -0.2) is 4.57 Å². The number of phosphoric ester groups is 1. The van der Waals surface area contributed by atoms with Gasteiger partial charge in [-0.05, 0) is 51.4 Å². The molecule has 0 saturated heterocycles. The van der Waals surface area contributed by atoms with Gasteiger partial charge in [0.2, 0.25) is 0 Å². The summed E-state index contributed by atoms with van der Waals surface area (Å²) in [5, 5.41) is 0. The fourth-order valence-corrected chi connectivity index (χ4v) is 11.0. The molecule has 3 N–H and O–H groups in total. The molecule has 0 aromatic heterocycles. The fourth-order valence-electron chi connectivity index (χ4n) is 10.2. The lowest BCUT2D eigenvalue weighted by Gasteiger charge is -2.19. The minimum absolute atomic E-state index is 0.0553. The van der Waals surface area contributed by atoms with Gasteiger partial charge in [-0.15, -0.1) is 0 Å². The van der Waals surface area contributed by atoms with Gasteiger partial charge in [-0.1, -0.05) is 326 Å². The molecule has 0 aliphatic carbocycles. The summed E-state index contributed by atoms with van der Waals surface area (Å²) in [5.74, 6) is -0.808. The first kappa shape index (κ1) is 76.2. The molecule has 0 rings (SSSR count). The molecular formula is C68H130NO8P. The molecule has 0 aromatic carbocycles. The molecule has 9 nitrogen and oxygen atoms in total. The Morgan fingerprint density at radius 2 is 0.667 bits per heavy atom. The Bertz CT molecular complexity index is 1370. The predicted molar refractivity (Wildman–Crippen MR) is 335 cm³/mol. The normalized spacial score (nSPS) is 13.1. The third-order valence-corrected chi connectivity index (χ3v) is 16.3. The van der Waals surface area contributed by atoms with Crippen molar-refractivity contribution < 1.29 is 37.6 Å². The summed E-state index contributed by atoms with van der Waals surface area (Å²) in [6.07, 6.45) is 79.5. The summed E-state index contributed by atoms with van der Waals surface area (Å²) in [7, 11) is -4.39. The van der Waals surface area contributed by atoms with E-state index in [1.165, 1.54) is 270 Å². The van der Waals surface area contributed by atoms with E-state index in [9.17, 15) is 19.0 Å². The van der Waals surface area contributed by atoms with Gasteiger partial charge in [0.1, 0.15) is 6.61 Å². The molecule has 2 atom stereocenters. The molecule has 2 unspecified atom stereocenters. The van der Waals surface area contributed by atoms with Crippen LogP contribution in [0.2, 0.25) is 0 Å². The second kappa shape index (κ2) is 64.4. The first-order valence-electron chi connectivity index (χ1n) is 34.0. The average molecular weight is 1120 g/mol. The van der Waals surface area contributed by atoms with Gasteiger partial charge in [0.25, 0.3) is 0 Å². The van der Waals surface area contributed by atoms with Crippen LogP contribution in [-0.2, 0) is 32.7 Å². The van der Waals surface area contributed by atoms with E-state index in [1.807, 2.05) is 0 Å². The van der Waals surface area contributed by atoms with Crippen molar-refractivity contribution in [1.82, 2.24) is 0 Å². The lowest BCUT2D eigenvalue weighted by Crippen LogP contribution is -2.29. The zero-order chi connectivity index (χ0) is 56.6. The van der Waals surface area contributed by atoms with E-state index in [0.717, 1.165) is 51.4 Å². The number of phosphoric acid groups is 1. The Kier molecular flexibility index (Phi) is 62.9. The molecule has 0 heterocycles. The first-order chi connectivity index (χ1) is 38.3. The molecule has 0 aliphatic heterocycles. The topological polar surface area (TPSA) is 134 Å². The molecule has 0 aliphatic rings. The van der Waals surface area contributed by atoms with Gasteiger partial charge in [-0.3, -0.25) is 18.6 Å². The van der Waals surface area contributed by atoms with E-state index in [1.54, 1.807) is 0 Å². The van der Waals surface area contributed by atoms with E-state index >= 15 is 0 Å². The van der Waals surface area contributed by atoms with Crippen molar-refractivity contribution in [2.75, 3.05) is 26.4 Å². The maximum Gasteiger partial charge on any atom is 0.472 e. The van der Waals surface area contributed by atoms with Crippen LogP contribution < -0.4 is 5.73 Å². The van der Waals surface area contributed by atoms with Crippen molar-refractivity contribution in [1.29, 1.82) is 0 Å². The highest BCUT2D eigenvalue weighted by Gasteiger charge is 2.26. The van der Waals surface area contributed by atoms with Crippen LogP contribution in [0.15, 0.2) is 36.5 Å². The molecule has 0 radical (unpaired) electrons. The standard InChI is InChI=1S/C68H130NO8P/c1-3-5-7-9-11-13-15-17-19-21-23-25-27-29-31-33-35-37-39-41-43-45-47-49-51-53-55-57-59-61-68(71)77-66(65-76-78(72,73)75-63-62-69)64-74-67(70)60-58-56-54-52-50-48-46-44-42-40-38-36-34-32-30-28-26-24-22-20-18-16-14-12-10-8-6-4-2/h15,17,21,23,27,29,66H,3-14,16,18-20,22,24-26,28,30-65,69H2,1-2H3,(H,72,73)/b17-15-,23-21-,29-27-. The molecule has 78 heavy (non-hydrogen) atoms. The van der Waals surface area contributed by atoms with Gasteiger partial charge in [-0.2, -0.15) is 0 Å². The minimum Gasteiger partial charge on any atom is -0.462 e. The third kappa shape index (κ3) is 63.4. The lowest BCUT2D eigenvalue weighted by molar-refractivity contribution is -0.161. The van der Waals surface area contributed by atoms with Crippen molar-refractivity contribution >= 4 is 19.8 Å². The summed E-state index contributed by atoms with van der Waals surface area (Å²) in [6, 6.07) is 0. The minimum atomic E-state index is -4.39. The molecule has 0 aromatic rings. The number of ether oxygens (including phenoxy) is 2. The maximum absolute atomic E-state index is 12.8. The lowest BCUT2D eigenvalue weighted by atomic mass is 10.0. The van der Waals surface area contributed by atoms with Crippen molar-refractivity contribution in [3.63, 3.8) is 0 Å². The number of unbranched alkanes of at least 4 members (excludes halogenated alkanes) is 46. The number of hydrogen-bond donors (Lipinski definition) is 2. The maximum atomic E-state index is 12.8. The van der Waals surface area contributed by atoms with Crippen LogP contribution in [0.25, 0.3) is 0 Å². The Labute approximate surface area is 484 Å². The highest BCUT2D eigenvalue weighted by molar-refractivity contribution is 7.47. The number of carbonyl (C=O) groups excluding carboxylic acids is 2. The smallest absolute Gasteiger partial charge is 0.462 e. The zero-order valence-corrected chi connectivity index (χ0v) is 52.6. The molecule has 0 saturated carbocycles. The quantitative estimate of drug-likeness (QED) is 0.0264. The average Bonchev–Trinajstić information content (AvgIpc) is 3.43. The van der Waals surface area contributed by atoms with E-state index in [0.29, 0.717) is 6.42 Å². The van der Waals surface area contributed by atoms with Crippen LogP contribution in [0.5, 0.6) is 0 Å². The Balaban J connectivity index is 3.85. The van der Waals surface area contributed by atoms with Crippen LogP contribution in [0.3, 0.4) is 0 Å². The fraction of sp³-hybridized carbons (Fsp3) is 0.882. The summed E-state index contributed by atoms with van der Waals surface area (Å²) in [4.78, 5) is 35.3. The number of esters is 2. The first-order valence-corrected chi connectivity index (χ1v) is 35.5. The second-order valence-electron chi connectivity index (χ2n) is 23.1. The third-order valence-electron chi connectivity index (χ3n) is 15.3. The van der Waals surface area contributed by atoms with E-state index in [-0.39, 0.29) is 38.6 Å². The largest absolute Gasteiger partial charge is 0.472 e. The van der Waals surface area contributed by atoms with Gasteiger partial charge in [0.05, 0.1) is 13.2 Å². The predicted octanol–water partition coefficient (Wildman–Crippen LogP) is 21.9. The van der Waals surface area contributed by atoms with Gasteiger partial charge in [0.15, 0.2) is 6.10 Å². The van der Waals surface area contributed by atoms with Crippen LogP contribution in [-0.4, -0.2) is 49.3 Å². The number of hydrogen-bond acceptors (Lipinski definition) is 8. The molecule has 0 amide bonds. The summed E-state index contributed by atoms with van der Waals surface area (Å²) in [5.41, 5.74) is 5.40. The number of carbonyl (C=O) groups is 2. The van der Waals surface area contributed by atoms with Gasteiger partial charge >= 0.3 is 19.8 Å². The molecule has 0 spiro atoms. The van der Waals surface area contributed by atoms with Gasteiger partial charge in [0, 0.05) is 19.4 Å². The summed E-state index contributed by atoms with van der Waals surface area (Å²) >= 11 is 0. The highest BCUT2D eigenvalue weighted by atomic mass is 31.2. The molecule has 10 heteroatoms. The summed E-state index contributed by atoms with van der Waals surface area (Å²) in [6.45, 7) is 3.80. The van der Waals surface area contributed by atoms with Gasteiger partial charge < -0.3 is 20.1 Å². The van der Waals surface area contributed by atoms with E-state index in [4.69, 9.17) is 24.3 Å². The van der Waals surface area contributed by atoms with Crippen LogP contribution in [0.1, 0.15) is 354 Å². The second-order valence-corrected chi connectivity index (χ2v) is 24.5. The molecule has 460 valence electrons. The monoisotopic (exact) mass is 1120 g/mol. The van der Waals surface area contributed by atoms with Crippen molar-refractivity contribution in [2.24, 2.45) is 5.73 Å². The molecular weight excluding hydrogens is 990 g/mol. The van der Waals surface area contributed by atoms with E-state index in [2.05, 4.69) is 50.3 Å². The van der Waals surface area contributed by atoms with Crippen molar-refractivity contribution in [3.05, 3.63) is 36.5 Å². The number of allylic oxidation sites excluding steroid dienone is 6. The highest BCUT2D eigenvalue weighted by Crippen LogP contribution is 2.43. The Morgan fingerprint density at radius 3 is 0.987 bits per heavy atom. The number of nitrogens with two attached hydrogens (primary N) is 1. The Hall–Kier alpha value is -1.77. The summed E-state index contributed by atoms with van der Waals surface area (Å²) < 4.78 is 33.2. The number of rotatable bonds is 65. The van der Waals surface area contributed by atoms with Crippen molar-refractivity contribution in [2.45, 2.75) is 360 Å². The van der Waals surface area contributed by atoms with Crippen molar-refractivity contribution in [3.8, 4) is 0 Å². The molecule has 0 fully saturated rings. The zero-order valence-electron chi connectivity index (χ0n) is 51.7. The van der Waals surface area contributed by atoms with Crippen LogP contribution in [0.4, 0.5) is 0 Å². The molecule has 0 bridgehead atoms. The SMILES string of the molecule is CCCCCCC/C=C\C/C=C\C/C=C\CCCCCCCCCCCCCCCCC(=O)OC(COC(=O)CCCCCCCCCCCCCCCCCCCCCCCCCCCCCC)COP(=O)(O)OCCN.